The second-order valence-electron chi connectivity index (χ2n) is 4.28. The zero-order valence-electron chi connectivity index (χ0n) is 11.3. The first kappa shape index (κ1) is 15.1. The van der Waals surface area contributed by atoms with Crippen LogP contribution in [0.25, 0.3) is 0 Å². The van der Waals surface area contributed by atoms with Gasteiger partial charge in [-0.15, -0.1) is 0 Å². The molecule has 0 amide bonds. The Hall–Kier alpha value is -0.910. The molecule has 1 aromatic rings. The number of rotatable bonds is 7. The lowest BCUT2D eigenvalue weighted by Crippen LogP contribution is -2.39. The van der Waals surface area contributed by atoms with Crippen LogP contribution in [-0.2, 0) is 10.2 Å². The van der Waals surface area contributed by atoms with Gasteiger partial charge in [0, 0.05) is 20.1 Å². The van der Waals surface area contributed by atoms with Crippen LogP contribution in [0.5, 0.6) is 0 Å². The first-order chi connectivity index (χ1) is 8.51. The summed E-state index contributed by atoms with van der Waals surface area (Å²) in [5, 5.41) is 0. The fraction of sp³-hybridized carbons (Fsp3) is 0.538. The Kier molecular flexibility index (Phi) is 5.78. The fourth-order valence-electron chi connectivity index (χ4n) is 1.71. The molecular formula is C13H22N2O2S. The minimum absolute atomic E-state index is 0.214. The maximum Gasteiger partial charge on any atom is 0.279 e. The molecule has 0 radical (unpaired) electrons. The lowest BCUT2D eigenvalue weighted by molar-refractivity contribution is 0.468. The van der Waals surface area contributed by atoms with Gasteiger partial charge in [-0.1, -0.05) is 44.2 Å². The van der Waals surface area contributed by atoms with Gasteiger partial charge in [-0.05, 0) is 17.9 Å². The van der Waals surface area contributed by atoms with Gasteiger partial charge in [-0.3, -0.25) is 0 Å². The van der Waals surface area contributed by atoms with E-state index < -0.39 is 10.2 Å². The summed E-state index contributed by atoms with van der Waals surface area (Å²) in [4.78, 5) is 0. The maximum absolute atomic E-state index is 11.8. The van der Waals surface area contributed by atoms with Crippen molar-refractivity contribution in [2.24, 2.45) is 0 Å². The summed E-state index contributed by atoms with van der Waals surface area (Å²) >= 11 is 0. The number of nitrogens with one attached hydrogen (secondary N) is 1. The van der Waals surface area contributed by atoms with Gasteiger partial charge in [0.15, 0.2) is 0 Å². The van der Waals surface area contributed by atoms with E-state index >= 15 is 0 Å². The van der Waals surface area contributed by atoms with Crippen LogP contribution in [0, 0.1) is 0 Å². The lowest BCUT2D eigenvalue weighted by atomic mass is 9.97. The second kappa shape index (κ2) is 6.87. The van der Waals surface area contributed by atoms with Crippen LogP contribution in [0.1, 0.15) is 31.7 Å². The van der Waals surface area contributed by atoms with Crippen molar-refractivity contribution in [3.8, 4) is 0 Å². The van der Waals surface area contributed by atoms with Crippen molar-refractivity contribution < 1.29 is 8.42 Å². The highest BCUT2D eigenvalue weighted by Gasteiger charge is 2.18. The van der Waals surface area contributed by atoms with Gasteiger partial charge in [-0.2, -0.15) is 12.7 Å². The molecule has 0 aliphatic heterocycles. The number of nitrogens with zero attached hydrogens (tertiary/aromatic N) is 1. The Morgan fingerprint density at radius 1 is 1.22 bits per heavy atom. The molecule has 1 N–H and O–H groups in total. The Morgan fingerprint density at radius 2 is 1.83 bits per heavy atom. The molecule has 1 atom stereocenters. The SMILES string of the molecule is CC[C@@H](CNS(=O)(=O)N(C)CC)c1ccccc1. The van der Waals surface area contributed by atoms with Crippen molar-refractivity contribution in [3.63, 3.8) is 0 Å². The van der Waals surface area contributed by atoms with Gasteiger partial charge >= 0.3 is 0 Å². The smallest absolute Gasteiger partial charge is 0.202 e. The van der Waals surface area contributed by atoms with Crippen molar-refractivity contribution in [2.45, 2.75) is 26.2 Å². The molecule has 5 heteroatoms. The van der Waals surface area contributed by atoms with Crippen LogP contribution < -0.4 is 4.72 Å². The quantitative estimate of drug-likeness (QED) is 0.823. The number of hydrogen-bond acceptors (Lipinski definition) is 2. The van der Waals surface area contributed by atoms with Crippen LogP contribution in [0.4, 0.5) is 0 Å². The van der Waals surface area contributed by atoms with Gasteiger partial charge in [0.2, 0.25) is 0 Å². The van der Waals surface area contributed by atoms with E-state index in [9.17, 15) is 8.42 Å². The van der Waals surface area contributed by atoms with Crippen LogP contribution in [0.2, 0.25) is 0 Å². The van der Waals surface area contributed by atoms with Crippen molar-refractivity contribution >= 4 is 10.2 Å². The summed E-state index contributed by atoms with van der Waals surface area (Å²) in [5.74, 6) is 0.214. The Balaban J connectivity index is 2.67. The van der Waals surface area contributed by atoms with E-state index in [1.807, 2.05) is 37.3 Å². The highest BCUT2D eigenvalue weighted by molar-refractivity contribution is 7.87. The minimum atomic E-state index is -3.34. The van der Waals surface area contributed by atoms with E-state index in [-0.39, 0.29) is 5.92 Å². The van der Waals surface area contributed by atoms with Gasteiger partial charge in [0.25, 0.3) is 10.2 Å². The van der Waals surface area contributed by atoms with Gasteiger partial charge in [0.1, 0.15) is 0 Å². The summed E-state index contributed by atoms with van der Waals surface area (Å²) in [6.45, 7) is 4.79. The molecule has 0 heterocycles. The largest absolute Gasteiger partial charge is 0.279 e. The minimum Gasteiger partial charge on any atom is -0.202 e. The van der Waals surface area contributed by atoms with Gasteiger partial charge in [-0.25, -0.2) is 4.72 Å². The molecule has 0 aliphatic carbocycles. The van der Waals surface area contributed by atoms with Crippen molar-refractivity contribution in [3.05, 3.63) is 35.9 Å². The van der Waals surface area contributed by atoms with E-state index in [1.165, 1.54) is 9.87 Å². The molecule has 0 spiro atoms. The maximum atomic E-state index is 11.8. The molecule has 0 saturated heterocycles. The summed E-state index contributed by atoms with van der Waals surface area (Å²) in [7, 11) is -1.76. The third-order valence-corrected chi connectivity index (χ3v) is 4.74. The van der Waals surface area contributed by atoms with Crippen LogP contribution in [0.15, 0.2) is 30.3 Å². The fourth-order valence-corrected chi connectivity index (χ4v) is 2.68. The standard InChI is InChI=1S/C13H22N2O2S/c1-4-12(13-9-7-6-8-10-13)11-14-18(16,17)15(3)5-2/h6-10,12,14H,4-5,11H2,1-3H3/t12-/m0/s1. The summed E-state index contributed by atoms with van der Waals surface area (Å²) in [5.41, 5.74) is 1.17. The molecule has 18 heavy (non-hydrogen) atoms. The lowest BCUT2D eigenvalue weighted by Gasteiger charge is -2.20. The van der Waals surface area contributed by atoms with Crippen LogP contribution in [0.3, 0.4) is 0 Å². The predicted molar refractivity (Wildman–Crippen MR) is 74.7 cm³/mol. The molecule has 0 fully saturated rings. The summed E-state index contributed by atoms with van der Waals surface area (Å²) < 4.78 is 27.6. The van der Waals surface area contributed by atoms with Gasteiger partial charge < -0.3 is 0 Å². The molecular weight excluding hydrogens is 248 g/mol. The molecule has 0 saturated carbocycles. The molecule has 0 unspecified atom stereocenters. The van der Waals surface area contributed by atoms with Crippen LogP contribution in [-0.4, -0.2) is 32.9 Å². The normalized spacial score (nSPS) is 13.8. The Labute approximate surface area is 110 Å². The van der Waals surface area contributed by atoms with E-state index in [0.29, 0.717) is 13.1 Å². The molecule has 1 rings (SSSR count). The first-order valence-corrected chi connectivity index (χ1v) is 7.71. The van der Waals surface area contributed by atoms with Gasteiger partial charge in [0.05, 0.1) is 0 Å². The molecule has 0 aromatic heterocycles. The van der Waals surface area contributed by atoms with Crippen molar-refractivity contribution in [1.82, 2.24) is 9.03 Å². The molecule has 102 valence electrons. The van der Waals surface area contributed by atoms with E-state index in [2.05, 4.69) is 11.6 Å². The first-order valence-electron chi connectivity index (χ1n) is 6.27. The third-order valence-electron chi connectivity index (χ3n) is 3.13. The highest BCUT2D eigenvalue weighted by atomic mass is 32.2. The monoisotopic (exact) mass is 270 g/mol. The number of hydrogen-bond donors (Lipinski definition) is 1. The zero-order valence-corrected chi connectivity index (χ0v) is 12.1. The average Bonchev–Trinajstić information content (AvgIpc) is 2.39. The summed E-state index contributed by atoms with van der Waals surface area (Å²) in [6, 6.07) is 9.98. The molecule has 0 bridgehead atoms. The Morgan fingerprint density at radius 3 is 2.33 bits per heavy atom. The molecule has 4 nitrogen and oxygen atoms in total. The van der Waals surface area contributed by atoms with E-state index in [0.717, 1.165) is 6.42 Å². The highest BCUT2D eigenvalue weighted by Crippen LogP contribution is 2.18. The van der Waals surface area contributed by atoms with Crippen molar-refractivity contribution in [1.29, 1.82) is 0 Å². The summed E-state index contributed by atoms with van der Waals surface area (Å²) in [6.07, 6.45) is 0.905. The number of benzene rings is 1. The Bertz CT molecular complexity index is 445. The van der Waals surface area contributed by atoms with E-state index in [4.69, 9.17) is 0 Å². The van der Waals surface area contributed by atoms with Crippen LogP contribution >= 0.6 is 0 Å². The molecule has 1 aromatic carbocycles. The second-order valence-corrected chi connectivity index (χ2v) is 6.15. The third kappa shape index (κ3) is 4.08. The van der Waals surface area contributed by atoms with E-state index in [1.54, 1.807) is 7.05 Å². The molecule has 0 aliphatic rings. The average molecular weight is 270 g/mol. The topological polar surface area (TPSA) is 49.4 Å². The predicted octanol–water partition coefficient (Wildman–Crippen LogP) is 1.97. The zero-order chi connectivity index (χ0) is 13.6. The van der Waals surface area contributed by atoms with Crippen molar-refractivity contribution in [2.75, 3.05) is 20.1 Å².